The highest BCUT2D eigenvalue weighted by Crippen LogP contribution is 2.58. The van der Waals surface area contributed by atoms with Crippen LogP contribution >= 0.6 is 22.9 Å². The van der Waals surface area contributed by atoms with Gasteiger partial charge in [0.25, 0.3) is 10.0 Å². The van der Waals surface area contributed by atoms with Gasteiger partial charge in [0.1, 0.15) is 0 Å². The Morgan fingerprint density at radius 3 is 1.46 bits per heavy atom. The van der Waals surface area contributed by atoms with E-state index in [2.05, 4.69) is 0 Å². The highest BCUT2D eigenvalue weighted by Gasteiger charge is 2.89. The molecule has 0 saturated carbocycles. The molecule has 24 heavy (non-hydrogen) atoms. The molecule has 0 bridgehead atoms. The molecule has 1 unspecified atom stereocenters. The van der Waals surface area contributed by atoms with Gasteiger partial charge in [0, 0.05) is 41.0 Å². The van der Waals surface area contributed by atoms with E-state index in [0.29, 0.717) is 22.9 Å². The van der Waals surface area contributed by atoms with Crippen LogP contribution in [0.3, 0.4) is 0 Å². The third-order valence-electron chi connectivity index (χ3n) is 2.38. The maximum Gasteiger partial charge on any atom is 0.428 e. The van der Waals surface area contributed by atoms with Gasteiger partial charge in [-0.25, -0.2) is 8.42 Å². The first-order valence-corrected chi connectivity index (χ1v) is 8.24. The van der Waals surface area contributed by atoms with E-state index in [0.717, 1.165) is 0 Å². The fourth-order valence-electron chi connectivity index (χ4n) is 0.987. The number of hydrogen-bond acceptors (Lipinski definition) is 4. The first-order valence-electron chi connectivity index (χ1n) is 4.76. The molecule has 0 heterocycles. The van der Waals surface area contributed by atoms with Crippen molar-refractivity contribution in [2.45, 2.75) is 28.3 Å². The van der Waals surface area contributed by atoms with Gasteiger partial charge in [0.2, 0.25) is 0 Å². The van der Waals surface area contributed by atoms with E-state index in [1.807, 2.05) is 0 Å². The van der Waals surface area contributed by atoms with Gasteiger partial charge in [0.15, 0.2) is 0 Å². The smallest absolute Gasteiger partial charge is 0.428 e. The molecule has 18 heteroatoms. The summed E-state index contributed by atoms with van der Waals surface area (Å²) in [5.74, 6) is -23.0. The Morgan fingerprint density at radius 2 is 1.21 bits per heavy atom. The van der Waals surface area contributed by atoms with Gasteiger partial charge in [-0.05, 0) is 0 Å². The van der Waals surface area contributed by atoms with E-state index >= 15 is 0 Å². The third-order valence-corrected chi connectivity index (χ3v) is 6.18. The predicted molar refractivity (Wildman–Crippen MR) is 64.4 cm³/mol. The maximum atomic E-state index is 13.2. The Kier molecular flexibility index (Phi) is 6.35. The molecule has 0 rings (SSSR count). The summed E-state index contributed by atoms with van der Waals surface area (Å²) in [4.78, 5) is 0. The molecule has 0 radical (unpaired) electrons. The van der Waals surface area contributed by atoms with Crippen LogP contribution in [-0.4, -0.2) is 55.0 Å². The lowest BCUT2D eigenvalue weighted by Crippen LogP contribution is -2.69. The van der Waals surface area contributed by atoms with Crippen LogP contribution < -0.4 is 0 Å². The molecule has 0 spiro atoms. The van der Waals surface area contributed by atoms with E-state index < -0.39 is 51.9 Å². The third kappa shape index (κ3) is 3.00. The van der Waals surface area contributed by atoms with Gasteiger partial charge >= 0.3 is 28.3 Å². The number of halogens is 11. The fourth-order valence-corrected chi connectivity index (χ4v) is 2.84. The van der Waals surface area contributed by atoms with Crippen LogP contribution in [0.1, 0.15) is 0 Å². The topological polar surface area (TPSA) is 77.5 Å². The second-order valence-electron chi connectivity index (χ2n) is 3.89. The van der Waals surface area contributed by atoms with Gasteiger partial charge < -0.3 is 4.55 Å². The highest BCUT2D eigenvalue weighted by molar-refractivity contribution is 14.1. The molecule has 0 saturated heterocycles. The summed E-state index contributed by atoms with van der Waals surface area (Å²) in [6.07, 6.45) is 0. The zero-order valence-corrected chi connectivity index (χ0v) is 14.3. The Hall–Kier alpha value is 0.0500. The first kappa shape index (κ1) is 24.1. The fraction of sp³-hybridized carbons (Fsp3) is 1.00. The van der Waals surface area contributed by atoms with Crippen molar-refractivity contribution in [2.24, 2.45) is 0 Å². The predicted octanol–water partition coefficient (Wildman–Crippen LogP) is 2.57. The van der Waals surface area contributed by atoms with Crippen LogP contribution in [0, 0.1) is 0 Å². The molecule has 0 aliphatic carbocycles. The largest absolute Gasteiger partial charge is 0.768 e. The number of alkyl halides is 10. The summed E-state index contributed by atoms with van der Waals surface area (Å²) >= 11 is -5.06. The van der Waals surface area contributed by atoms with Crippen molar-refractivity contribution >= 4 is 44.0 Å². The first-order chi connectivity index (χ1) is 10.1. The Bertz CT molecular complexity index is 621. The second kappa shape index (κ2) is 6.34. The van der Waals surface area contributed by atoms with Crippen molar-refractivity contribution < 1.29 is 61.1 Å². The summed E-state index contributed by atoms with van der Waals surface area (Å²) < 4.78 is 171. The van der Waals surface area contributed by atoms with Crippen LogP contribution in [0.5, 0.6) is 0 Å². The van der Waals surface area contributed by atoms with Crippen molar-refractivity contribution in [2.75, 3.05) is 7.05 Å². The quantitative estimate of drug-likeness (QED) is 0.218. The molecular weight excluding hydrogens is 531 g/mol. The van der Waals surface area contributed by atoms with Gasteiger partial charge in [-0.1, -0.05) is 0 Å². The minimum atomic E-state index is -7.78. The zero-order valence-electron chi connectivity index (χ0n) is 10.6. The second-order valence-corrected chi connectivity index (χ2v) is 8.98. The van der Waals surface area contributed by atoms with Gasteiger partial charge in [-0.3, -0.25) is 4.21 Å². The van der Waals surface area contributed by atoms with E-state index in [4.69, 9.17) is 0 Å². The summed E-state index contributed by atoms with van der Waals surface area (Å²) in [7, 11) is -6.60. The number of nitrogens with zero attached hydrogens (tertiary/aromatic N) is 1. The molecule has 0 amide bonds. The number of rotatable bonds is 7. The van der Waals surface area contributed by atoms with Crippen LogP contribution in [0.25, 0.3) is 0 Å². The minimum absolute atomic E-state index is 0.122. The standard InChI is InChI=1S/C6H4F10INO4S2/c1-18(17)24(21,22)6(15,16)4(11,12)2(7,8)3(9,10)5(13,14)23(19)20/h1H3,(H,19,20)/p-1. The molecule has 0 fully saturated rings. The van der Waals surface area contributed by atoms with Gasteiger partial charge in [-0.15, -0.1) is 2.52 Å². The minimum Gasteiger partial charge on any atom is -0.768 e. The van der Waals surface area contributed by atoms with Crippen molar-refractivity contribution in [3.8, 4) is 0 Å². The Morgan fingerprint density at radius 1 is 0.875 bits per heavy atom. The number of sulfonamides is 1. The Balaban J connectivity index is 6.54. The SMILES string of the molecule is CN(I)S(=O)(=O)C(F)(F)C(F)(F)C(F)(F)C(F)(F)C(F)(F)S(=O)[O-]. The lowest BCUT2D eigenvalue weighted by atomic mass is 10.0. The monoisotopic (exact) mass is 534 g/mol. The van der Waals surface area contributed by atoms with Crippen molar-refractivity contribution in [1.29, 1.82) is 0 Å². The molecule has 0 aromatic rings. The van der Waals surface area contributed by atoms with E-state index in [1.165, 1.54) is 0 Å². The molecule has 0 aliphatic heterocycles. The van der Waals surface area contributed by atoms with Crippen molar-refractivity contribution in [3.05, 3.63) is 0 Å². The van der Waals surface area contributed by atoms with Crippen LogP contribution in [0.2, 0.25) is 0 Å². The van der Waals surface area contributed by atoms with E-state index in [1.54, 1.807) is 0 Å². The van der Waals surface area contributed by atoms with Crippen molar-refractivity contribution in [3.63, 3.8) is 0 Å². The average Bonchev–Trinajstić information content (AvgIpc) is 2.36. The average molecular weight is 534 g/mol. The van der Waals surface area contributed by atoms with Crippen LogP contribution in [-0.2, 0) is 21.1 Å². The van der Waals surface area contributed by atoms with Crippen molar-refractivity contribution in [1.82, 2.24) is 2.52 Å². The molecule has 0 aliphatic rings. The van der Waals surface area contributed by atoms with Crippen LogP contribution in [0.4, 0.5) is 43.9 Å². The number of hydrogen-bond donors (Lipinski definition) is 0. The van der Waals surface area contributed by atoms with Gasteiger partial charge in [-0.2, -0.15) is 43.9 Å². The summed E-state index contributed by atoms with van der Waals surface area (Å²) in [6.45, 7) is 0. The normalized spacial score (nSPS) is 17.2. The molecule has 0 N–H and O–H groups in total. The molecule has 146 valence electrons. The lowest BCUT2D eigenvalue weighted by molar-refractivity contribution is -0.375. The Labute approximate surface area is 143 Å². The zero-order chi connectivity index (χ0) is 20.2. The van der Waals surface area contributed by atoms with E-state index in [9.17, 15) is 61.1 Å². The highest BCUT2D eigenvalue weighted by atomic mass is 127. The van der Waals surface area contributed by atoms with E-state index in [-0.39, 0.29) is 7.05 Å². The summed E-state index contributed by atoms with van der Waals surface area (Å²) in [5, 5.41) is -13.9. The maximum absolute atomic E-state index is 13.2. The molecule has 5 nitrogen and oxygen atoms in total. The lowest BCUT2D eigenvalue weighted by Gasteiger charge is -2.39. The molecule has 0 aromatic carbocycles. The summed E-state index contributed by atoms with van der Waals surface area (Å²) in [5.41, 5.74) is 0. The molecule has 0 aromatic heterocycles. The van der Waals surface area contributed by atoms with Crippen LogP contribution in [0.15, 0.2) is 0 Å². The molecular formula is C6H3F10INO4S2-. The molecule has 1 atom stereocenters. The summed E-state index contributed by atoms with van der Waals surface area (Å²) in [6, 6.07) is 0. The van der Waals surface area contributed by atoms with Gasteiger partial charge in [0.05, 0.1) is 0 Å².